The van der Waals surface area contributed by atoms with E-state index in [1.54, 1.807) is 32.9 Å². The van der Waals surface area contributed by atoms with Crippen molar-refractivity contribution in [1.29, 1.82) is 0 Å². The number of anilines is 2. The fourth-order valence-corrected chi connectivity index (χ4v) is 8.91. The van der Waals surface area contributed by atoms with Crippen LogP contribution in [0.5, 0.6) is 5.75 Å². The molecule has 2 amide bonds. The summed E-state index contributed by atoms with van der Waals surface area (Å²) >= 11 is 2.64. The van der Waals surface area contributed by atoms with Crippen molar-refractivity contribution < 1.29 is 38.9 Å². The molecule has 1 aliphatic rings. The van der Waals surface area contributed by atoms with Crippen molar-refractivity contribution in [2.24, 2.45) is 0 Å². The predicted octanol–water partition coefficient (Wildman–Crippen LogP) is 6.22. The monoisotopic (exact) mass is 884 g/mol. The topological polar surface area (TPSA) is 221 Å². The predicted molar refractivity (Wildman–Crippen MR) is 236 cm³/mol. The van der Waals surface area contributed by atoms with Crippen LogP contribution < -0.4 is 15.4 Å². The Morgan fingerprint density at radius 1 is 0.871 bits per heavy atom. The van der Waals surface area contributed by atoms with Gasteiger partial charge in [-0.25, -0.2) is 24.5 Å². The van der Waals surface area contributed by atoms with E-state index in [0.29, 0.717) is 93.9 Å². The van der Waals surface area contributed by atoms with Crippen molar-refractivity contribution in [2.45, 2.75) is 65.1 Å². The molecule has 0 bridgehead atoms. The van der Waals surface area contributed by atoms with Gasteiger partial charge in [0, 0.05) is 44.2 Å². The van der Waals surface area contributed by atoms with Crippen LogP contribution in [0.2, 0.25) is 0 Å². The quantitative estimate of drug-likeness (QED) is 0.0428. The first-order valence-electron chi connectivity index (χ1n) is 20.2. The first kappa shape index (κ1) is 44.0. The lowest BCUT2D eigenvalue weighted by Gasteiger charge is -2.26. The van der Waals surface area contributed by atoms with E-state index in [2.05, 4.69) is 25.6 Å². The van der Waals surface area contributed by atoms with Crippen molar-refractivity contribution in [3.63, 3.8) is 0 Å². The highest BCUT2D eigenvalue weighted by molar-refractivity contribution is 7.98. The number of morpholine rings is 1. The molecule has 7 rings (SSSR count). The number of carboxylic acid groups (broad SMARTS) is 2. The number of ether oxygens (including phenoxy) is 2. The molecule has 4 N–H and O–H groups in total. The number of rotatable bonds is 18. The van der Waals surface area contributed by atoms with Crippen LogP contribution >= 0.6 is 23.1 Å². The molecule has 1 fully saturated rings. The molecule has 0 saturated carbocycles. The van der Waals surface area contributed by atoms with Gasteiger partial charge in [0.1, 0.15) is 21.8 Å². The first-order valence-corrected chi connectivity index (χ1v) is 22.2. The second-order valence-corrected chi connectivity index (χ2v) is 16.5. The highest BCUT2D eigenvalue weighted by atomic mass is 32.2. The van der Waals surface area contributed by atoms with Gasteiger partial charge in [0.25, 0.3) is 11.8 Å². The van der Waals surface area contributed by atoms with Crippen molar-refractivity contribution in [3.05, 3.63) is 80.6 Å². The Balaban J connectivity index is 1.25. The van der Waals surface area contributed by atoms with Gasteiger partial charge in [-0.05, 0) is 70.2 Å². The van der Waals surface area contributed by atoms with E-state index >= 15 is 0 Å². The van der Waals surface area contributed by atoms with Gasteiger partial charge in [-0.15, -0.1) is 23.1 Å². The van der Waals surface area contributed by atoms with Gasteiger partial charge >= 0.3 is 11.9 Å². The minimum atomic E-state index is -1.15. The Morgan fingerprint density at radius 3 is 2.13 bits per heavy atom. The molecule has 326 valence electrons. The molecule has 1 aliphatic heterocycles. The number of hydrogen-bond donors (Lipinski definition) is 4. The molecule has 5 heterocycles. The molecule has 20 heteroatoms. The van der Waals surface area contributed by atoms with E-state index < -0.39 is 23.8 Å². The number of aromatic carboxylic acids is 2. The molecule has 1 saturated heterocycles. The van der Waals surface area contributed by atoms with E-state index in [-0.39, 0.29) is 36.1 Å². The summed E-state index contributed by atoms with van der Waals surface area (Å²) in [5.74, 6) is -2.39. The molecule has 2 aromatic carbocycles. The van der Waals surface area contributed by atoms with Gasteiger partial charge < -0.3 is 28.8 Å². The number of thioether (sulfide) groups is 1. The summed E-state index contributed by atoms with van der Waals surface area (Å²) < 4.78 is 17.0. The zero-order valence-corrected chi connectivity index (χ0v) is 36.7. The number of nitrogens with zero attached hydrogens (tertiary/aromatic N) is 8. The van der Waals surface area contributed by atoms with E-state index in [1.165, 1.54) is 41.3 Å². The van der Waals surface area contributed by atoms with E-state index in [0.717, 1.165) is 24.6 Å². The average Bonchev–Trinajstić information content (AvgIpc) is 4.03. The maximum Gasteiger partial charge on any atom is 0.335 e. The fraction of sp³-hybridized carbons (Fsp3) is 0.381. The SMILES string of the molecule is CCc1nc(C)sc1C(=O)Nc1nc2cc(C(=O)O)cc(OCCCN3CCOCC3)c2n1CC=CCn1c(NC(=O)c2cc(C)nn2CC)nc2cc(C(=O)O)cc(SC)c21. The van der Waals surface area contributed by atoms with E-state index in [9.17, 15) is 29.4 Å². The van der Waals surface area contributed by atoms with Crippen LogP contribution in [0.25, 0.3) is 22.1 Å². The van der Waals surface area contributed by atoms with Gasteiger partial charge in [0.05, 0.1) is 63.9 Å². The van der Waals surface area contributed by atoms with Crippen molar-refractivity contribution in [1.82, 2.24) is 38.8 Å². The van der Waals surface area contributed by atoms with Crippen molar-refractivity contribution in [3.8, 4) is 5.75 Å². The van der Waals surface area contributed by atoms with Crippen LogP contribution in [0.1, 0.15) is 77.5 Å². The molecule has 0 atom stereocenters. The number of carbonyl (C=O) groups is 4. The van der Waals surface area contributed by atoms with Crippen LogP contribution in [0.3, 0.4) is 0 Å². The maximum absolute atomic E-state index is 13.8. The number of aryl methyl sites for hydroxylation is 4. The lowest BCUT2D eigenvalue weighted by Crippen LogP contribution is -2.37. The number of aromatic nitrogens is 7. The van der Waals surface area contributed by atoms with Crippen molar-refractivity contribution >= 4 is 80.8 Å². The number of hydrogen-bond acceptors (Lipinski definition) is 13. The fourth-order valence-electron chi connectivity index (χ4n) is 7.35. The van der Waals surface area contributed by atoms with E-state index in [1.807, 2.05) is 39.2 Å². The summed E-state index contributed by atoms with van der Waals surface area (Å²) in [4.78, 5) is 69.2. The second-order valence-electron chi connectivity index (χ2n) is 14.5. The molecule has 0 aliphatic carbocycles. The van der Waals surface area contributed by atoms with Gasteiger partial charge in [-0.1, -0.05) is 19.1 Å². The third kappa shape index (κ3) is 9.52. The van der Waals surface area contributed by atoms with Crippen LogP contribution in [0, 0.1) is 13.8 Å². The number of benzene rings is 2. The number of thiazole rings is 1. The largest absolute Gasteiger partial charge is 0.491 e. The van der Waals surface area contributed by atoms with Gasteiger partial charge in [-0.2, -0.15) is 5.10 Å². The number of amides is 2. The van der Waals surface area contributed by atoms with Gasteiger partial charge in [0.15, 0.2) is 0 Å². The lowest BCUT2D eigenvalue weighted by atomic mass is 10.2. The summed E-state index contributed by atoms with van der Waals surface area (Å²) in [5.41, 5.74) is 3.57. The molecule has 4 aromatic heterocycles. The zero-order valence-electron chi connectivity index (χ0n) is 35.1. The second kappa shape index (κ2) is 19.3. The van der Waals surface area contributed by atoms with E-state index in [4.69, 9.17) is 19.4 Å². The molecule has 6 aromatic rings. The number of fused-ring (bicyclic) bond motifs is 2. The van der Waals surface area contributed by atoms with Crippen LogP contribution in [-0.4, -0.2) is 118 Å². The third-order valence-corrected chi connectivity index (χ3v) is 12.0. The molecule has 0 unspecified atom stereocenters. The minimum Gasteiger partial charge on any atom is -0.491 e. The Bertz CT molecular complexity index is 2690. The maximum atomic E-state index is 13.8. The number of nitrogens with one attached hydrogen (secondary N) is 2. The van der Waals surface area contributed by atoms with Crippen LogP contribution in [0.15, 0.2) is 47.4 Å². The molecule has 0 radical (unpaired) electrons. The molecule has 18 nitrogen and oxygen atoms in total. The zero-order chi connectivity index (χ0) is 44.1. The van der Waals surface area contributed by atoms with Crippen molar-refractivity contribution in [2.75, 3.05) is 56.3 Å². The third-order valence-electron chi connectivity index (χ3n) is 10.3. The first-order chi connectivity index (χ1) is 29.9. The Labute approximate surface area is 364 Å². The molecular weight excluding hydrogens is 837 g/mol. The minimum absolute atomic E-state index is 0.0144. The number of imidazole rings is 2. The Hall–Kier alpha value is -6.09. The highest BCUT2D eigenvalue weighted by Gasteiger charge is 2.24. The molecular formula is C42H48N10O8S2. The van der Waals surface area contributed by atoms with Crippen LogP contribution in [0.4, 0.5) is 11.9 Å². The van der Waals surface area contributed by atoms with Gasteiger partial charge in [-0.3, -0.25) is 29.8 Å². The lowest BCUT2D eigenvalue weighted by molar-refractivity contribution is 0.0358. The summed E-state index contributed by atoms with van der Waals surface area (Å²) in [7, 11) is 0. The normalized spacial score (nSPS) is 13.4. The standard InChI is InChI=1S/C42H48N10O8S2/c1-6-28-36(62-25(4)43-28)38(54)47-42-44-29-20-26(39(55)56)22-32(60-16-10-11-49-14-17-59-18-15-49)34(29)50(42)12-8-9-13-51-35-30(21-27(40(57)58)23-33(35)61-5)45-41(51)46-37(53)31-19-24(3)48-52(31)7-2/h8-9,19-23H,6-7,10-18H2,1-5H3,(H,55,56)(H,57,58)(H,44,47,54)(H,45,46,53). The summed E-state index contributed by atoms with van der Waals surface area (Å²) in [5, 5.41) is 31.0. The molecule has 0 spiro atoms. The Morgan fingerprint density at radius 2 is 1.50 bits per heavy atom. The summed E-state index contributed by atoms with van der Waals surface area (Å²) in [6.07, 6.45) is 6.80. The van der Waals surface area contributed by atoms with Crippen LogP contribution in [-0.2, 0) is 30.8 Å². The van der Waals surface area contributed by atoms with Gasteiger partial charge in [0.2, 0.25) is 11.9 Å². The summed E-state index contributed by atoms with van der Waals surface area (Å²) in [6, 6.07) is 7.67. The highest BCUT2D eigenvalue weighted by Crippen LogP contribution is 2.34. The average molecular weight is 885 g/mol. The number of allylic oxidation sites excluding steroid dienone is 2. The Kier molecular flexibility index (Phi) is 13.7. The smallest absolute Gasteiger partial charge is 0.335 e. The number of carboxylic acids is 2. The number of carbonyl (C=O) groups excluding carboxylic acids is 2. The summed E-state index contributed by atoms with van der Waals surface area (Å²) in [6.45, 7) is 12.4. The molecule has 62 heavy (non-hydrogen) atoms.